The van der Waals surface area contributed by atoms with Crippen LogP contribution in [-0.4, -0.2) is 24.5 Å². The summed E-state index contributed by atoms with van der Waals surface area (Å²) in [5.41, 5.74) is 3.65. The first kappa shape index (κ1) is 18.4. The molecule has 3 fully saturated rings. The second-order valence-corrected chi connectivity index (χ2v) is 8.40. The molecular weight excluding hydrogens is 304 g/mol. The van der Waals surface area contributed by atoms with Crippen LogP contribution < -0.4 is 5.32 Å². The molecule has 1 atom stereocenters. The van der Waals surface area contributed by atoms with Crippen LogP contribution in [0.4, 0.5) is 0 Å². The molecule has 1 spiro atoms. The highest BCUT2D eigenvalue weighted by Gasteiger charge is 2.54. The van der Waals surface area contributed by atoms with Crippen molar-refractivity contribution in [2.45, 2.75) is 58.8 Å². The normalized spacial score (nSPS) is 33.4. The van der Waals surface area contributed by atoms with Gasteiger partial charge in [0.2, 0.25) is 0 Å². The van der Waals surface area contributed by atoms with E-state index in [-0.39, 0.29) is 0 Å². The number of hydrogen-bond acceptors (Lipinski definition) is 2. The molecule has 1 unspecified atom stereocenters. The van der Waals surface area contributed by atoms with Crippen LogP contribution in [0.2, 0.25) is 0 Å². The second-order valence-electron chi connectivity index (χ2n) is 8.40. The van der Waals surface area contributed by atoms with Crippen LogP contribution in [-0.2, 0) is 0 Å². The summed E-state index contributed by atoms with van der Waals surface area (Å²) in [6.07, 6.45) is 15.8. The number of allylic oxidation sites excluding steroid dienone is 4. The maximum absolute atomic E-state index is 4.29. The minimum atomic E-state index is 0.653. The van der Waals surface area contributed by atoms with Crippen LogP contribution in [0.3, 0.4) is 0 Å². The predicted molar refractivity (Wildman–Crippen MR) is 108 cm³/mol. The zero-order valence-corrected chi connectivity index (χ0v) is 16.3. The summed E-state index contributed by atoms with van der Waals surface area (Å²) in [6, 6.07) is 0. The minimum absolute atomic E-state index is 0.653. The van der Waals surface area contributed by atoms with E-state index in [2.05, 4.69) is 55.5 Å². The average molecular weight is 341 g/mol. The largest absolute Gasteiger partial charge is 0.372 e. The monoisotopic (exact) mass is 340 g/mol. The third kappa shape index (κ3) is 4.22. The summed E-state index contributed by atoms with van der Waals surface area (Å²) in [7, 11) is 0. The Morgan fingerprint density at radius 3 is 2.76 bits per heavy atom. The van der Waals surface area contributed by atoms with Gasteiger partial charge in [0.1, 0.15) is 0 Å². The van der Waals surface area contributed by atoms with Gasteiger partial charge in [-0.3, -0.25) is 0 Å². The third-order valence-electron chi connectivity index (χ3n) is 6.93. The summed E-state index contributed by atoms with van der Waals surface area (Å²) in [5.74, 6) is 2.78. The van der Waals surface area contributed by atoms with E-state index in [1.54, 1.807) is 0 Å². The molecule has 1 saturated heterocycles. The average Bonchev–Trinajstić information content (AvgIpc) is 3.07. The van der Waals surface area contributed by atoms with Crippen molar-refractivity contribution in [1.82, 2.24) is 10.2 Å². The zero-order valence-electron chi connectivity index (χ0n) is 16.3. The van der Waals surface area contributed by atoms with Crippen molar-refractivity contribution in [3.05, 3.63) is 48.4 Å². The second kappa shape index (κ2) is 7.85. The van der Waals surface area contributed by atoms with E-state index < -0.39 is 0 Å². The molecule has 0 amide bonds. The Kier molecular flexibility index (Phi) is 5.76. The molecule has 2 saturated carbocycles. The maximum Gasteiger partial charge on any atom is 0.0941 e. The van der Waals surface area contributed by atoms with Crippen LogP contribution in [0.15, 0.2) is 48.4 Å². The lowest BCUT2D eigenvalue weighted by atomic mass is 9.75. The molecule has 3 rings (SSSR count). The van der Waals surface area contributed by atoms with E-state index in [1.807, 2.05) is 0 Å². The molecule has 0 bridgehead atoms. The Bertz CT molecular complexity index is 561. The Morgan fingerprint density at radius 1 is 1.32 bits per heavy atom. The molecular formula is C23H36N2. The SMILES string of the molecule is C=C(CC)C1CCC2(CC1)CC2CNC(=C)N1CC/C(=C\C=C/C)C1. The first-order valence-electron chi connectivity index (χ1n) is 10.2. The van der Waals surface area contributed by atoms with Crippen LogP contribution in [0.25, 0.3) is 0 Å². The molecule has 3 aliphatic rings. The number of hydrogen-bond donors (Lipinski definition) is 1. The highest BCUT2D eigenvalue weighted by molar-refractivity contribution is 5.19. The van der Waals surface area contributed by atoms with Crippen LogP contribution in [0.1, 0.15) is 58.8 Å². The molecule has 2 nitrogen and oxygen atoms in total. The molecule has 138 valence electrons. The Hall–Kier alpha value is -1.44. The number of nitrogens with zero attached hydrogens (tertiary/aromatic N) is 1. The standard InChI is InChI=1S/C23H36N2/c1-5-7-8-20-11-14-25(17-20)19(4)24-16-22-15-23(22)12-9-21(10-13-23)18(3)6-2/h5,7-8,21-22,24H,3-4,6,9-17H2,1-2H3/b7-5-,20-8+. The van der Waals surface area contributed by atoms with Gasteiger partial charge >= 0.3 is 0 Å². The molecule has 0 aromatic rings. The van der Waals surface area contributed by atoms with E-state index >= 15 is 0 Å². The van der Waals surface area contributed by atoms with Crippen molar-refractivity contribution in [2.75, 3.05) is 19.6 Å². The van der Waals surface area contributed by atoms with Gasteiger partial charge in [0.05, 0.1) is 5.82 Å². The third-order valence-corrected chi connectivity index (χ3v) is 6.93. The minimum Gasteiger partial charge on any atom is -0.372 e. The van der Waals surface area contributed by atoms with Gasteiger partial charge in [-0.15, -0.1) is 0 Å². The van der Waals surface area contributed by atoms with E-state index in [0.717, 1.165) is 43.7 Å². The van der Waals surface area contributed by atoms with Gasteiger partial charge in [0.25, 0.3) is 0 Å². The summed E-state index contributed by atoms with van der Waals surface area (Å²) >= 11 is 0. The topological polar surface area (TPSA) is 15.3 Å². The fourth-order valence-corrected chi connectivity index (χ4v) is 4.86. The Balaban J connectivity index is 1.39. The van der Waals surface area contributed by atoms with Crippen molar-refractivity contribution in [1.29, 1.82) is 0 Å². The first-order valence-corrected chi connectivity index (χ1v) is 10.2. The molecule has 25 heavy (non-hydrogen) atoms. The summed E-state index contributed by atoms with van der Waals surface area (Å²) < 4.78 is 0. The zero-order chi connectivity index (χ0) is 17.9. The van der Waals surface area contributed by atoms with Crippen molar-refractivity contribution in [3.63, 3.8) is 0 Å². The van der Waals surface area contributed by atoms with E-state index in [1.165, 1.54) is 49.7 Å². The van der Waals surface area contributed by atoms with Crippen molar-refractivity contribution in [3.8, 4) is 0 Å². The molecule has 2 heteroatoms. The Morgan fingerprint density at radius 2 is 2.08 bits per heavy atom. The van der Waals surface area contributed by atoms with E-state index in [9.17, 15) is 0 Å². The van der Waals surface area contributed by atoms with Crippen LogP contribution in [0.5, 0.6) is 0 Å². The number of rotatable bonds is 7. The highest BCUT2D eigenvalue weighted by Crippen LogP contribution is 2.62. The van der Waals surface area contributed by atoms with Crippen molar-refractivity contribution < 1.29 is 0 Å². The summed E-state index contributed by atoms with van der Waals surface area (Å²) in [4.78, 5) is 2.40. The van der Waals surface area contributed by atoms with E-state index in [0.29, 0.717) is 5.41 Å². The van der Waals surface area contributed by atoms with Gasteiger partial charge in [-0.25, -0.2) is 0 Å². The van der Waals surface area contributed by atoms with Crippen LogP contribution in [0, 0.1) is 17.3 Å². The maximum atomic E-state index is 4.29. The lowest BCUT2D eigenvalue weighted by Gasteiger charge is -2.31. The van der Waals surface area contributed by atoms with Gasteiger partial charge in [0.15, 0.2) is 0 Å². The fourth-order valence-electron chi connectivity index (χ4n) is 4.86. The number of nitrogens with one attached hydrogen (secondary N) is 1. The van der Waals surface area contributed by atoms with Gasteiger partial charge in [-0.2, -0.15) is 0 Å². The smallest absolute Gasteiger partial charge is 0.0941 e. The highest BCUT2D eigenvalue weighted by atomic mass is 15.2. The molecule has 0 aromatic carbocycles. The van der Waals surface area contributed by atoms with Crippen LogP contribution >= 0.6 is 0 Å². The van der Waals surface area contributed by atoms with Gasteiger partial charge in [0, 0.05) is 19.6 Å². The molecule has 1 aliphatic heterocycles. The predicted octanol–water partition coefficient (Wildman–Crippen LogP) is 5.42. The van der Waals surface area contributed by atoms with Gasteiger partial charge in [-0.1, -0.05) is 43.9 Å². The number of likely N-dealkylation sites (tertiary alicyclic amines) is 1. The molecule has 2 aliphatic carbocycles. The lowest BCUT2D eigenvalue weighted by molar-refractivity contribution is 0.256. The quantitative estimate of drug-likeness (QED) is 0.623. The summed E-state index contributed by atoms with van der Waals surface area (Å²) in [5, 5.41) is 3.65. The van der Waals surface area contributed by atoms with Crippen molar-refractivity contribution >= 4 is 0 Å². The summed E-state index contributed by atoms with van der Waals surface area (Å²) in [6.45, 7) is 16.1. The molecule has 1 heterocycles. The van der Waals surface area contributed by atoms with Gasteiger partial charge in [-0.05, 0) is 74.7 Å². The molecule has 0 radical (unpaired) electrons. The van der Waals surface area contributed by atoms with E-state index in [4.69, 9.17) is 0 Å². The van der Waals surface area contributed by atoms with Crippen molar-refractivity contribution in [2.24, 2.45) is 17.3 Å². The van der Waals surface area contributed by atoms with Gasteiger partial charge < -0.3 is 10.2 Å². The molecule has 0 aromatic heterocycles. The first-order chi connectivity index (χ1) is 12.1. The Labute approximate surface area is 154 Å². The fraction of sp³-hybridized carbons (Fsp3) is 0.652. The lowest BCUT2D eigenvalue weighted by Crippen LogP contribution is -2.31. The molecule has 1 N–H and O–H groups in total.